The second-order valence-electron chi connectivity index (χ2n) is 5.05. The number of anilines is 1. The molecule has 1 aliphatic heterocycles. The number of nitrogens with one attached hydrogen (secondary N) is 1. The monoisotopic (exact) mass is 373 g/mol. The first-order chi connectivity index (χ1) is 10.4. The number of halogens is 2. The van der Waals surface area contributed by atoms with Gasteiger partial charge in [0.2, 0.25) is 0 Å². The van der Waals surface area contributed by atoms with Gasteiger partial charge in [-0.3, -0.25) is 4.79 Å². The summed E-state index contributed by atoms with van der Waals surface area (Å²) in [6.07, 6.45) is 0.979. The summed E-state index contributed by atoms with van der Waals surface area (Å²) in [5.41, 5.74) is 5.45. The van der Waals surface area contributed by atoms with Crippen molar-refractivity contribution in [3.05, 3.63) is 28.0 Å². The minimum Gasteiger partial charge on any atom is -0.453 e. The predicted octanol–water partition coefficient (Wildman–Crippen LogP) is 2.33. The molecule has 3 N–H and O–H groups in total. The van der Waals surface area contributed by atoms with Crippen LogP contribution in [-0.4, -0.2) is 43.1 Å². The van der Waals surface area contributed by atoms with Crippen LogP contribution in [0.25, 0.3) is 0 Å². The highest BCUT2D eigenvalue weighted by Crippen LogP contribution is 2.27. The molecule has 1 aromatic rings. The minimum atomic E-state index is -0.820. The SMILES string of the molecule is COC(=O)N1CCC(Nc2cc(Br)cc(F)c2C(N)=O)CC1. The molecule has 1 heterocycles. The second-order valence-corrected chi connectivity index (χ2v) is 5.97. The number of benzene rings is 1. The molecule has 120 valence electrons. The maximum Gasteiger partial charge on any atom is 0.409 e. The third kappa shape index (κ3) is 3.68. The van der Waals surface area contributed by atoms with Crippen molar-refractivity contribution >= 4 is 33.6 Å². The number of primary amides is 1. The molecule has 2 rings (SSSR count). The lowest BCUT2D eigenvalue weighted by Gasteiger charge is -2.32. The van der Waals surface area contributed by atoms with Gasteiger partial charge in [0.25, 0.3) is 5.91 Å². The molecule has 1 saturated heterocycles. The van der Waals surface area contributed by atoms with Crippen LogP contribution in [0.3, 0.4) is 0 Å². The molecule has 1 aliphatic rings. The fourth-order valence-corrected chi connectivity index (χ4v) is 2.92. The van der Waals surface area contributed by atoms with Crippen molar-refractivity contribution in [1.82, 2.24) is 4.90 Å². The Kier molecular flexibility index (Phi) is 5.23. The van der Waals surface area contributed by atoms with E-state index < -0.39 is 11.7 Å². The summed E-state index contributed by atoms with van der Waals surface area (Å²) < 4.78 is 19.1. The number of ether oxygens (including phenoxy) is 1. The van der Waals surface area contributed by atoms with Gasteiger partial charge >= 0.3 is 6.09 Å². The molecule has 0 atom stereocenters. The lowest BCUT2D eigenvalue weighted by Crippen LogP contribution is -2.42. The molecule has 22 heavy (non-hydrogen) atoms. The largest absolute Gasteiger partial charge is 0.453 e. The Morgan fingerprint density at radius 2 is 2.05 bits per heavy atom. The molecular formula is C14H17BrFN3O3. The maximum atomic E-state index is 13.9. The van der Waals surface area contributed by atoms with Crippen LogP contribution in [0.4, 0.5) is 14.9 Å². The normalized spacial score (nSPS) is 15.5. The van der Waals surface area contributed by atoms with Gasteiger partial charge in [-0.2, -0.15) is 0 Å². The van der Waals surface area contributed by atoms with Crippen LogP contribution in [0.15, 0.2) is 16.6 Å². The minimum absolute atomic E-state index is 0.0210. The van der Waals surface area contributed by atoms with E-state index >= 15 is 0 Å². The average Bonchev–Trinajstić information content (AvgIpc) is 2.46. The van der Waals surface area contributed by atoms with E-state index in [1.165, 1.54) is 13.2 Å². The Hall–Kier alpha value is -1.83. The first-order valence-electron chi connectivity index (χ1n) is 6.80. The van der Waals surface area contributed by atoms with Gasteiger partial charge in [-0.1, -0.05) is 15.9 Å². The zero-order valence-corrected chi connectivity index (χ0v) is 13.7. The molecule has 0 saturated carbocycles. The van der Waals surface area contributed by atoms with Gasteiger partial charge in [0.1, 0.15) is 5.82 Å². The molecule has 1 aromatic carbocycles. The van der Waals surface area contributed by atoms with Crippen molar-refractivity contribution in [3.8, 4) is 0 Å². The number of rotatable bonds is 3. The van der Waals surface area contributed by atoms with E-state index in [2.05, 4.69) is 26.0 Å². The van der Waals surface area contributed by atoms with Crippen LogP contribution in [0.5, 0.6) is 0 Å². The number of amides is 2. The Morgan fingerprint density at radius 3 is 2.59 bits per heavy atom. The van der Waals surface area contributed by atoms with Crippen LogP contribution in [0.2, 0.25) is 0 Å². The summed E-state index contributed by atoms with van der Waals surface area (Å²) in [4.78, 5) is 24.5. The van der Waals surface area contributed by atoms with Crippen molar-refractivity contribution in [2.24, 2.45) is 5.73 Å². The van der Waals surface area contributed by atoms with Crippen LogP contribution in [-0.2, 0) is 4.74 Å². The van der Waals surface area contributed by atoms with Crippen LogP contribution >= 0.6 is 15.9 Å². The maximum absolute atomic E-state index is 13.9. The lowest BCUT2D eigenvalue weighted by atomic mass is 10.0. The predicted molar refractivity (Wildman–Crippen MR) is 83.2 cm³/mol. The standard InChI is InChI=1S/C14H17BrFN3O3/c1-22-14(21)19-4-2-9(3-5-19)18-11-7-8(15)6-10(16)12(11)13(17)20/h6-7,9,18H,2-5H2,1H3,(H2,17,20). The number of hydrogen-bond acceptors (Lipinski definition) is 4. The average molecular weight is 374 g/mol. The third-order valence-electron chi connectivity index (χ3n) is 3.59. The van der Waals surface area contributed by atoms with E-state index in [0.29, 0.717) is 36.1 Å². The fraction of sp³-hybridized carbons (Fsp3) is 0.429. The number of methoxy groups -OCH3 is 1. The quantitative estimate of drug-likeness (QED) is 0.851. The molecule has 0 aliphatic carbocycles. The highest BCUT2D eigenvalue weighted by Gasteiger charge is 2.25. The van der Waals surface area contributed by atoms with Crippen LogP contribution < -0.4 is 11.1 Å². The Balaban J connectivity index is 2.09. The highest BCUT2D eigenvalue weighted by atomic mass is 79.9. The topological polar surface area (TPSA) is 84.7 Å². The van der Waals surface area contributed by atoms with Gasteiger partial charge in [0.05, 0.1) is 18.4 Å². The Bertz CT molecular complexity index is 589. The first kappa shape index (κ1) is 16.5. The Labute approximate surface area is 135 Å². The summed E-state index contributed by atoms with van der Waals surface area (Å²) in [6.45, 7) is 1.07. The summed E-state index contributed by atoms with van der Waals surface area (Å²) >= 11 is 3.20. The zero-order valence-electron chi connectivity index (χ0n) is 12.1. The molecule has 2 amide bonds. The van der Waals surface area contributed by atoms with E-state index in [1.54, 1.807) is 11.0 Å². The van der Waals surface area contributed by atoms with Crippen molar-refractivity contribution in [2.45, 2.75) is 18.9 Å². The van der Waals surface area contributed by atoms with Gasteiger partial charge in [-0.25, -0.2) is 9.18 Å². The molecule has 0 unspecified atom stereocenters. The van der Waals surface area contributed by atoms with Crippen molar-refractivity contribution < 1.29 is 18.7 Å². The molecule has 0 aromatic heterocycles. The number of hydrogen-bond donors (Lipinski definition) is 2. The highest BCUT2D eigenvalue weighted by molar-refractivity contribution is 9.10. The van der Waals surface area contributed by atoms with Crippen LogP contribution in [0.1, 0.15) is 23.2 Å². The fourth-order valence-electron chi connectivity index (χ4n) is 2.49. The molecule has 0 bridgehead atoms. The van der Waals surface area contributed by atoms with Crippen molar-refractivity contribution in [1.29, 1.82) is 0 Å². The number of nitrogens with zero attached hydrogens (tertiary/aromatic N) is 1. The number of carbonyl (C=O) groups excluding carboxylic acids is 2. The van der Waals surface area contributed by atoms with E-state index in [1.807, 2.05) is 0 Å². The molecular weight excluding hydrogens is 357 g/mol. The second kappa shape index (κ2) is 6.95. The number of piperidine rings is 1. The zero-order chi connectivity index (χ0) is 16.3. The number of likely N-dealkylation sites (tertiary alicyclic amines) is 1. The van der Waals surface area contributed by atoms with Gasteiger partial charge in [-0.15, -0.1) is 0 Å². The van der Waals surface area contributed by atoms with Crippen molar-refractivity contribution in [2.75, 3.05) is 25.5 Å². The number of carbonyl (C=O) groups is 2. The molecule has 8 heteroatoms. The summed E-state index contributed by atoms with van der Waals surface area (Å²) in [5, 5.41) is 3.14. The molecule has 6 nitrogen and oxygen atoms in total. The van der Waals surface area contributed by atoms with E-state index in [9.17, 15) is 14.0 Å². The van der Waals surface area contributed by atoms with Crippen LogP contribution in [0, 0.1) is 5.82 Å². The summed E-state index contributed by atoms with van der Waals surface area (Å²) in [7, 11) is 1.34. The van der Waals surface area contributed by atoms with Gasteiger partial charge in [0, 0.05) is 23.6 Å². The lowest BCUT2D eigenvalue weighted by molar-refractivity contribution is 0.0997. The van der Waals surface area contributed by atoms with E-state index in [0.717, 1.165) is 0 Å². The summed E-state index contributed by atoms with van der Waals surface area (Å²) in [5.74, 6) is -1.49. The van der Waals surface area contributed by atoms with Gasteiger partial charge in [-0.05, 0) is 25.0 Å². The van der Waals surface area contributed by atoms with Crippen molar-refractivity contribution in [3.63, 3.8) is 0 Å². The molecule has 0 radical (unpaired) electrons. The number of nitrogens with two attached hydrogens (primary N) is 1. The molecule has 1 fully saturated rings. The summed E-state index contributed by atoms with van der Waals surface area (Å²) in [6, 6.07) is 2.84. The van der Waals surface area contributed by atoms with Gasteiger partial charge < -0.3 is 20.7 Å². The first-order valence-corrected chi connectivity index (χ1v) is 7.60. The molecule has 0 spiro atoms. The van der Waals surface area contributed by atoms with Gasteiger partial charge in [0.15, 0.2) is 0 Å². The van der Waals surface area contributed by atoms with E-state index in [4.69, 9.17) is 5.73 Å². The Morgan fingerprint density at radius 1 is 1.41 bits per heavy atom. The third-order valence-corrected chi connectivity index (χ3v) is 4.05. The smallest absolute Gasteiger partial charge is 0.409 e. The van der Waals surface area contributed by atoms with E-state index in [-0.39, 0.29) is 17.7 Å².